The van der Waals surface area contributed by atoms with E-state index in [1.54, 1.807) is 12.1 Å². The Labute approximate surface area is 151 Å². The van der Waals surface area contributed by atoms with Gasteiger partial charge in [-0.1, -0.05) is 18.2 Å². The number of hydrogen-bond acceptors (Lipinski definition) is 5. The van der Waals surface area contributed by atoms with Gasteiger partial charge in [-0.05, 0) is 37.3 Å². The molecule has 0 aliphatic rings. The van der Waals surface area contributed by atoms with Gasteiger partial charge in [0.15, 0.2) is 11.5 Å². The number of carbonyl (C=O) groups is 2. The lowest BCUT2D eigenvalue weighted by molar-refractivity contribution is -0.135. The summed E-state index contributed by atoms with van der Waals surface area (Å²) < 4.78 is 16.7. The average Bonchev–Trinajstić information content (AvgIpc) is 2.65. The number of benzene rings is 2. The first kappa shape index (κ1) is 19.1. The predicted molar refractivity (Wildman–Crippen MR) is 95.0 cm³/mol. The van der Waals surface area contributed by atoms with Crippen molar-refractivity contribution in [3.8, 4) is 17.2 Å². The molecular weight excluding hydrogens is 338 g/mol. The van der Waals surface area contributed by atoms with Gasteiger partial charge in [-0.3, -0.25) is 9.59 Å². The van der Waals surface area contributed by atoms with Gasteiger partial charge in [0.2, 0.25) is 0 Å². The molecule has 7 heteroatoms. The lowest BCUT2D eigenvalue weighted by atomic mass is 10.2. The Morgan fingerprint density at radius 2 is 1.69 bits per heavy atom. The summed E-state index contributed by atoms with van der Waals surface area (Å²) >= 11 is 0. The zero-order valence-corrected chi connectivity index (χ0v) is 14.4. The maximum absolute atomic E-state index is 11.9. The van der Waals surface area contributed by atoms with Crippen molar-refractivity contribution in [1.29, 1.82) is 0 Å². The predicted octanol–water partition coefficient (Wildman–Crippen LogP) is 2.36. The largest absolute Gasteiger partial charge is 0.490 e. The molecule has 2 rings (SSSR count). The van der Waals surface area contributed by atoms with Crippen LogP contribution >= 0.6 is 0 Å². The Balaban J connectivity index is 1.94. The number of rotatable bonds is 10. The molecule has 2 aromatic rings. The number of nitrogens with one attached hydrogen (secondary N) is 1. The first-order valence-corrected chi connectivity index (χ1v) is 8.17. The fourth-order valence-electron chi connectivity index (χ4n) is 2.12. The molecule has 1 amide bonds. The Hall–Kier alpha value is -3.22. The molecule has 0 spiro atoms. The molecule has 0 bridgehead atoms. The highest BCUT2D eigenvalue weighted by molar-refractivity contribution is 5.96. The quantitative estimate of drug-likeness (QED) is 0.633. The number of carboxylic acid groups (broad SMARTS) is 1. The molecule has 0 radical (unpaired) electrons. The minimum Gasteiger partial charge on any atom is -0.490 e. The van der Waals surface area contributed by atoms with Crippen molar-refractivity contribution < 1.29 is 28.9 Å². The van der Waals surface area contributed by atoms with Crippen molar-refractivity contribution in [2.75, 3.05) is 26.4 Å². The smallest absolute Gasteiger partial charge is 0.322 e. The number of aliphatic carboxylic acids is 1. The van der Waals surface area contributed by atoms with E-state index in [4.69, 9.17) is 19.3 Å². The van der Waals surface area contributed by atoms with Gasteiger partial charge in [-0.15, -0.1) is 0 Å². The van der Waals surface area contributed by atoms with Gasteiger partial charge in [-0.2, -0.15) is 0 Å². The lowest BCUT2D eigenvalue weighted by Crippen LogP contribution is -2.29. The van der Waals surface area contributed by atoms with Crippen LogP contribution in [0.15, 0.2) is 48.5 Å². The highest BCUT2D eigenvalue weighted by atomic mass is 16.5. The molecule has 26 heavy (non-hydrogen) atoms. The van der Waals surface area contributed by atoms with Crippen molar-refractivity contribution in [2.45, 2.75) is 6.92 Å². The summed E-state index contributed by atoms with van der Waals surface area (Å²) in [6, 6.07) is 14.1. The molecule has 0 unspecified atom stereocenters. The lowest BCUT2D eigenvalue weighted by Gasteiger charge is -2.13. The first-order chi connectivity index (χ1) is 12.6. The van der Waals surface area contributed by atoms with Gasteiger partial charge < -0.3 is 24.6 Å². The second-order valence-electron chi connectivity index (χ2n) is 5.18. The molecule has 2 N–H and O–H groups in total. The van der Waals surface area contributed by atoms with E-state index in [0.29, 0.717) is 36.9 Å². The minimum absolute atomic E-state index is 0.294. The fraction of sp³-hybridized carbons (Fsp3) is 0.263. The normalized spacial score (nSPS) is 10.0. The Kier molecular flexibility index (Phi) is 7.30. The number of para-hydroxylation sites is 1. The van der Waals surface area contributed by atoms with E-state index in [0.717, 1.165) is 5.75 Å². The molecule has 0 heterocycles. The van der Waals surface area contributed by atoms with Gasteiger partial charge in [0, 0.05) is 5.56 Å². The Morgan fingerprint density at radius 1 is 0.962 bits per heavy atom. The molecule has 138 valence electrons. The third-order valence-electron chi connectivity index (χ3n) is 3.26. The van der Waals surface area contributed by atoms with E-state index in [1.807, 2.05) is 37.3 Å². The van der Waals surface area contributed by atoms with Crippen molar-refractivity contribution in [1.82, 2.24) is 5.32 Å². The molecule has 2 aromatic carbocycles. The maximum Gasteiger partial charge on any atom is 0.322 e. The van der Waals surface area contributed by atoms with E-state index in [9.17, 15) is 9.59 Å². The minimum atomic E-state index is -1.11. The summed E-state index contributed by atoms with van der Waals surface area (Å²) in [6.07, 6.45) is 0. The Bertz CT molecular complexity index is 732. The molecule has 0 aliphatic heterocycles. The molecule has 0 fully saturated rings. The van der Waals surface area contributed by atoms with E-state index in [2.05, 4.69) is 5.32 Å². The van der Waals surface area contributed by atoms with E-state index < -0.39 is 18.4 Å². The molecule has 0 aromatic heterocycles. The summed E-state index contributed by atoms with van der Waals surface area (Å²) in [5.41, 5.74) is 0.294. The number of ether oxygens (including phenoxy) is 3. The highest BCUT2D eigenvalue weighted by Crippen LogP contribution is 2.28. The van der Waals surface area contributed by atoms with Crippen molar-refractivity contribution in [3.05, 3.63) is 54.1 Å². The third kappa shape index (κ3) is 6.01. The van der Waals surface area contributed by atoms with E-state index >= 15 is 0 Å². The zero-order valence-electron chi connectivity index (χ0n) is 14.4. The molecule has 0 atom stereocenters. The summed E-state index contributed by atoms with van der Waals surface area (Å²) in [5.74, 6) is 0.0501. The van der Waals surface area contributed by atoms with Gasteiger partial charge >= 0.3 is 5.97 Å². The van der Waals surface area contributed by atoms with Crippen LogP contribution in [0, 0.1) is 0 Å². The van der Waals surface area contributed by atoms with Crippen LogP contribution in [0.2, 0.25) is 0 Å². The average molecular weight is 359 g/mol. The van der Waals surface area contributed by atoms with Crippen LogP contribution in [0.1, 0.15) is 17.3 Å². The van der Waals surface area contributed by atoms with Gasteiger partial charge in [0.25, 0.3) is 5.91 Å². The van der Waals surface area contributed by atoms with E-state index in [1.165, 1.54) is 6.07 Å². The zero-order chi connectivity index (χ0) is 18.8. The van der Waals surface area contributed by atoms with Gasteiger partial charge in [0.1, 0.15) is 25.5 Å². The second kappa shape index (κ2) is 9.93. The first-order valence-electron chi connectivity index (χ1n) is 8.17. The van der Waals surface area contributed by atoms with Crippen LogP contribution < -0.4 is 19.5 Å². The molecule has 0 saturated carbocycles. The third-order valence-corrected chi connectivity index (χ3v) is 3.26. The molecule has 0 saturated heterocycles. The van der Waals surface area contributed by atoms with Crippen LogP contribution in [0.25, 0.3) is 0 Å². The highest BCUT2D eigenvalue weighted by Gasteiger charge is 2.12. The molecule has 7 nitrogen and oxygen atoms in total. The van der Waals surface area contributed by atoms with Crippen LogP contribution in [0.4, 0.5) is 0 Å². The summed E-state index contributed by atoms with van der Waals surface area (Å²) in [6.45, 7) is 2.43. The number of carbonyl (C=O) groups excluding carboxylic acids is 1. The van der Waals surface area contributed by atoms with Gasteiger partial charge in [-0.25, -0.2) is 0 Å². The second-order valence-corrected chi connectivity index (χ2v) is 5.18. The molecular formula is C19H21NO6. The number of amides is 1. The summed E-state index contributed by atoms with van der Waals surface area (Å²) in [4.78, 5) is 22.5. The van der Waals surface area contributed by atoms with Crippen LogP contribution in [-0.2, 0) is 4.79 Å². The van der Waals surface area contributed by atoms with E-state index in [-0.39, 0.29) is 0 Å². The standard InChI is InChI=1S/C19H21NO6/c1-2-24-17-12-14(19(23)20-13-18(21)22)8-9-16(17)26-11-10-25-15-6-4-3-5-7-15/h3-9,12H,2,10-11,13H2,1H3,(H,20,23)(H,21,22). The number of hydrogen-bond donors (Lipinski definition) is 2. The summed E-state index contributed by atoms with van der Waals surface area (Å²) in [5, 5.41) is 10.9. The van der Waals surface area contributed by atoms with Crippen LogP contribution in [0.3, 0.4) is 0 Å². The maximum atomic E-state index is 11.9. The number of carboxylic acids is 1. The monoisotopic (exact) mass is 359 g/mol. The van der Waals surface area contributed by atoms with Gasteiger partial charge in [0.05, 0.1) is 6.61 Å². The Morgan fingerprint density at radius 3 is 2.38 bits per heavy atom. The fourth-order valence-corrected chi connectivity index (χ4v) is 2.12. The topological polar surface area (TPSA) is 94.1 Å². The van der Waals surface area contributed by atoms with Crippen molar-refractivity contribution >= 4 is 11.9 Å². The summed E-state index contributed by atoms with van der Waals surface area (Å²) in [7, 11) is 0. The van der Waals surface area contributed by atoms with Crippen molar-refractivity contribution in [2.24, 2.45) is 0 Å². The molecule has 0 aliphatic carbocycles. The van der Waals surface area contributed by atoms with Crippen LogP contribution in [0.5, 0.6) is 17.2 Å². The van der Waals surface area contributed by atoms with Crippen LogP contribution in [-0.4, -0.2) is 43.3 Å². The SMILES string of the molecule is CCOc1cc(C(=O)NCC(=O)O)ccc1OCCOc1ccccc1. The van der Waals surface area contributed by atoms with Crippen molar-refractivity contribution in [3.63, 3.8) is 0 Å².